The first-order valence-electron chi connectivity index (χ1n) is 13.4. The van der Waals surface area contributed by atoms with E-state index >= 15 is 4.39 Å². The summed E-state index contributed by atoms with van der Waals surface area (Å²) in [6.07, 6.45) is 6.40. The van der Waals surface area contributed by atoms with Gasteiger partial charge in [0.1, 0.15) is 11.9 Å². The molecule has 2 bridgehead atoms. The lowest BCUT2D eigenvalue weighted by Crippen LogP contribution is -2.35. The zero-order valence-electron chi connectivity index (χ0n) is 23.0. The number of benzene rings is 1. The van der Waals surface area contributed by atoms with Gasteiger partial charge in [0.15, 0.2) is 0 Å². The van der Waals surface area contributed by atoms with E-state index in [0.717, 1.165) is 29.6 Å². The van der Waals surface area contributed by atoms with Crippen LogP contribution >= 0.6 is 0 Å². The molecule has 1 aliphatic rings. The summed E-state index contributed by atoms with van der Waals surface area (Å²) in [6.45, 7) is 13.1. The van der Waals surface area contributed by atoms with Crippen LogP contribution in [0.2, 0.25) is 0 Å². The molecular formula is C28H36FN7O2. The SMILES string of the molecule is CCOc1nn(C(C)CC)c2c1/C=C/c1n[nH]c3cc(F)c(cc13)-c1cnn(C)c1O[C@H](C)CN(CC)C2. The minimum atomic E-state index is -0.363. The van der Waals surface area contributed by atoms with Gasteiger partial charge in [0, 0.05) is 43.2 Å². The molecule has 1 unspecified atom stereocenters. The van der Waals surface area contributed by atoms with E-state index in [2.05, 4.69) is 45.6 Å². The second kappa shape index (κ2) is 10.6. The maximum Gasteiger partial charge on any atom is 0.240 e. The number of rotatable bonds is 5. The van der Waals surface area contributed by atoms with Crippen molar-refractivity contribution in [2.45, 2.75) is 59.7 Å². The monoisotopic (exact) mass is 521 g/mol. The minimum absolute atomic E-state index is 0.171. The summed E-state index contributed by atoms with van der Waals surface area (Å²) < 4.78 is 31.5. The Labute approximate surface area is 222 Å². The second-order valence-electron chi connectivity index (χ2n) is 9.86. The first kappa shape index (κ1) is 26.0. The summed E-state index contributed by atoms with van der Waals surface area (Å²) >= 11 is 0. The van der Waals surface area contributed by atoms with Crippen molar-refractivity contribution < 1.29 is 13.9 Å². The fourth-order valence-corrected chi connectivity index (χ4v) is 4.98. The molecule has 0 saturated heterocycles. The lowest BCUT2D eigenvalue weighted by atomic mass is 10.0. The Kier molecular flexibility index (Phi) is 7.25. The molecule has 0 spiro atoms. The van der Waals surface area contributed by atoms with Crippen molar-refractivity contribution in [3.63, 3.8) is 0 Å². The number of fused-ring (bicyclic) bond motifs is 4. The fourth-order valence-electron chi connectivity index (χ4n) is 4.98. The van der Waals surface area contributed by atoms with Gasteiger partial charge < -0.3 is 9.47 Å². The van der Waals surface area contributed by atoms with Crippen LogP contribution in [0.15, 0.2) is 18.3 Å². The zero-order valence-corrected chi connectivity index (χ0v) is 23.0. The van der Waals surface area contributed by atoms with Crippen molar-refractivity contribution in [1.82, 2.24) is 34.7 Å². The van der Waals surface area contributed by atoms with E-state index in [-0.39, 0.29) is 18.0 Å². The molecule has 0 aliphatic carbocycles. The van der Waals surface area contributed by atoms with Crippen LogP contribution in [0.25, 0.3) is 34.2 Å². The van der Waals surface area contributed by atoms with E-state index < -0.39 is 0 Å². The van der Waals surface area contributed by atoms with Gasteiger partial charge in [-0.25, -0.2) is 9.07 Å². The van der Waals surface area contributed by atoms with E-state index in [1.165, 1.54) is 6.07 Å². The normalized spacial score (nSPS) is 17.9. The van der Waals surface area contributed by atoms with E-state index in [1.807, 2.05) is 39.1 Å². The summed E-state index contributed by atoms with van der Waals surface area (Å²) in [4.78, 5) is 2.33. The van der Waals surface area contributed by atoms with Crippen molar-refractivity contribution in [2.24, 2.45) is 7.05 Å². The zero-order chi connectivity index (χ0) is 27.0. The number of ether oxygens (including phenoxy) is 2. The Bertz CT molecular complexity index is 1470. The number of nitrogens with one attached hydrogen (secondary N) is 1. The van der Waals surface area contributed by atoms with Crippen molar-refractivity contribution in [3.05, 3.63) is 41.1 Å². The molecule has 4 aromatic rings. The Morgan fingerprint density at radius 2 is 2.03 bits per heavy atom. The van der Waals surface area contributed by atoms with Crippen molar-refractivity contribution >= 4 is 23.1 Å². The average molecular weight is 522 g/mol. The van der Waals surface area contributed by atoms with Gasteiger partial charge >= 0.3 is 0 Å². The maximum absolute atomic E-state index is 15.3. The Balaban J connectivity index is 1.73. The number of hydrogen-bond acceptors (Lipinski definition) is 6. The quantitative estimate of drug-likeness (QED) is 0.376. The number of halogens is 1. The van der Waals surface area contributed by atoms with Crippen molar-refractivity contribution in [3.8, 4) is 22.9 Å². The van der Waals surface area contributed by atoms with Crippen molar-refractivity contribution in [2.75, 3.05) is 19.7 Å². The lowest BCUT2D eigenvalue weighted by molar-refractivity contribution is 0.133. The van der Waals surface area contributed by atoms with Gasteiger partial charge in [-0.15, -0.1) is 5.10 Å². The molecule has 0 saturated carbocycles. The highest BCUT2D eigenvalue weighted by atomic mass is 19.1. The highest BCUT2D eigenvalue weighted by molar-refractivity contribution is 5.93. The van der Waals surface area contributed by atoms with E-state index in [9.17, 15) is 0 Å². The highest BCUT2D eigenvalue weighted by Gasteiger charge is 2.25. The average Bonchev–Trinajstić information content (AvgIpc) is 3.56. The van der Waals surface area contributed by atoms with Crippen LogP contribution in [0, 0.1) is 5.82 Å². The highest BCUT2D eigenvalue weighted by Crippen LogP contribution is 2.36. The van der Waals surface area contributed by atoms with Gasteiger partial charge in [-0.1, -0.05) is 13.8 Å². The molecule has 10 heteroatoms. The maximum atomic E-state index is 15.3. The van der Waals surface area contributed by atoms with Gasteiger partial charge in [0.25, 0.3) is 0 Å². The molecule has 202 valence electrons. The molecule has 1 N–H and O–H groups in total. The third-order valence-corrected chi connectivity index (χ3v) is 7.22. The molecule has 0 amide bonds. The topological polar surface area (TPSA) is 86.0 Å². The molecule has 0 radical (unpaired) electrons. The van der Waals surface area contributed by atoms with Crippen molar-refractivity contribution in [1.29, 1.82) is 0 Å². The molecule has 1 aromatic carbocycles. The summed E-state index contributed by atoms with van der Waals surface area (Å²) in [6, 6.07) is 3.49. The number of H-pyrrole nitrogens is 1. The van der Waals surface area contributed by atoms with Crippen LogP contribution in [0.3, 0.4) is 0 Å². The van der Waals surface area contributed by atoms with E-state index in [0.29, 0.717) is 53.8 Å². The minimum Gasteiger partial charge on any atom is -0.476 e. The first-order chi connectivity index (χ1) is 18.3. The second-order valence-corrected chi connectivity index (χ2v) is 9.86. The molecule has 0 fully saturated rings. The largest absolute Gasteiger partial charge is 0.476 e. The predicted octanol–water partition coefficient (Wildman–Crippen LogP) is 5.44. The molecule has 5 rings (SSSR count). The van der Waals surface area contributed by atoms with Crippen LogP contribution in [0.1, 0.15) is 64.0 Å². The number of aromatic amines is 1. The molecule has 38 heavy (non-hydrogen) atoms. The number of likely N-dealkylation sites (N-methyl/N-ethyl adjacent to an activating group) is 1. The summed E-state index contributed by atoms with van der Waals surface area (Å²) in [5.41, 5.74) is 4.37. The fraction of sp³-hybridized carbons (Fsp3) is 0.464. The van der Waals surface area contributed by atoms with Crippen LogP contribution in [-0.2, 0) is 13.6 Å². The predicted molar refractivity (Wildman–Crippen MR) is 147 cm³/mol. The standard InChI is InChI=1S/C28H36FN7O2/c1-7-17(4)36-26-16-35(8-2)15-18(5)38-28-22(14-30-34(28)6)20-12-21-24(31-32-25(21)13-23(20)29)11-10-19(26)27(33-36)37-9-3/h10-14,17-18H,7-9,15-16H2,1-6H3,(H,31,32)/b11-10+/t17?,18-/m1/s1. The van der Waals surface area contributed by atoms with E-state index in [4.69, 9.17) is 14.6 Å². The van der Waals surface area contributed by atoms with Crippen LogP contribution in [0.5, 0.6) is 11.8 Å². The smallest absolute Gasteiger partial charge is 0.240 e. The molecule has 2 atom stereocenters. The number of aryl methyl sites for hydroxylation is 1. The molecular weight excluding hydrogens is 485 g/mol. The summed E-state index contributed by atoms with van der Waals surface area (Å²) in [7, 11) is 1.81. The van der Waals surface area contributed by atoms with Gasteiger partial charge in [-0.2, -0.15) is 10.2 Å². The Hall–Kier alpha value is -3.66. The third kappa shape index (κ3) is 4.69. The number of aromatic nitrogens is 6. The van der Waals surface area contributed by atoms with Gasteiger partial charge in [0.05, 0.1) is 40.8 Å². The molecule has 4 heterocycles. The van der Waals surface area contributed by atoms with Gasteiger partial charge in [0.2, 0.25) is 11.8 Å². The lowest BCUT2D eigenvalue weighted by Gasteiger charge is -2.26. The van der Waals surface area contributed by atoms with Crippen LogP contribution in [-0.4, -0.2) is 60.5 Å². The third-order valence-electron chi connectivity index (χ3n) is 7.22. The van der Waals surface area contributed by atoms with Crippen LogP contribution in [0.4, 0.5) is 4.39 Å². The molecule has 3 aromatic heterocycles. The first-order valence-corrected chi connectivity index (χ1v) is 13.4. The number of nitrogens with zero attached hydrogens (tertiary/aromatic N) is 6. The summed E-state index contributed by atoms with van der Waals surface area (Å²) in [5, 5.41) is 17.5. The van der Waals surface area contributed by atoms with Gasteiger partial charge in [-0.05, 0) is 52.0 Å². The molecule has 9 nitrogen and oxygen atoms in total. The van der Waals surface area contributed by atoms with Gasteiger partial charge in [-0.3, -0.25) is 14.7 Å². The summed E-state index contributed by atoms with van der Waals surface area (Å²) in [5.74, 6) is 0.775. The Morgan fingerprint density at radius 3 is 2.76 bits per heavy atom. The Morgan fingerprint density at radius 1 is 1.21 bits per heavy atom. The molecule has 1 aliphatic heterocycles. The van der Waals surface area contributed by atoms with E-state index in [1.54, 1.807) is 10.9 Å². The number of hydrogen-bond donors (Lipinski definition) is 1. The van der Waals surface area contributed by atoms with Crippen LogP contribution < -0.4 is 9.47 Å².